The van der Waals surface area contributed by atoms with Gasteiger partial charge in [-0.2, -0.15) is 0 Å². The van der Waals surface area contributed by atoms with Gasteiger partial charge in [-0.3, -0.25) is 0 Å². The number of nitrogens with zero attached hydrogens (tertiary/aromatic N) is 1. The number of hydrogen-bond donors (Lipinski definition) is 0. The van der Waals surface area contributed by atoms with E-state index in [0.29, 0.717) is 0 Å². The number of aryl methyl sites for hydroxylation is 1. The van der Waals surface area contributed by atoms with E-state index in [-0.39, 0.29) is 10.8 Å². The van der Waals surface area contributed by atoms with Crippen molar-refractivity contribution in [2.24, 2.45) is 0 Å². The minimum Gasteiger partial charge on any atom is -0.310 e. The number of fused-ring (bicyclic) bond motifs is 5. The topological polar surface area (TPSA) is 3.24 Å². The molecule has 1 heteroatoms. The first kappa shape index (κ1) is 30.6. The Hall–Kier alpha value is -5.40. The van der Waals surface area contributed by atoms with Gasteiger partial charge in [0.1, 0.15) is 0 Å². The summed E-state index contributed by atoms with van der Waals surface area (Å²) in [5, 5.41) is 0. The van der Waals surface area contributed by atoms with Crippen LogP contribution in [0.1, 0.15) is 68.4 Å². The largest absolute Gasteiger partial charge is 0.310 e. The Labute approximate surface area is 297 Å². The molecule has 0 unspecified atom stereocenters. The normalized spacial score (nSPS) is 16.1. The maximum atomic E-state index is 2.42. The molecule has 0 aromatic heterocycles. The fraction of sp³-hybridized carbons (Fsp3) is 0.184. The van der Waals surface area contributed by atoms with Crippen molar-refractivity contribution in [2.45, 2.75) is 58.3 Å². The predicted octanol–water partition coefficient (Wildman–Crippen LogP) is 13.5. The van der Waals surface area contributed by atoms with E-state index >= 15 is 0 Å². The highest BCUT2D eigenvalue weighted by atomic mass is 15.1. The Morgan fingerprint density at radius 1 is 0.520 bits per heavy atom. The number of anilines is 3. The van der Waals surface area contributed by atoms with Gasteiger partial charge in [0.2, 0.25) is 0 Å². The van der Waals surface area contributed by atoms with Crippen LogP contribution in [0.4, 0.5) is 17.1 Å². The molecule has 6 aromatic rings. The van der Waals surface area contributed by atoms with Crippen LogP contribution in [0.2, 0.25) is 0 Å². The average molecular weight is 646 g/mol. The lowest BCUT2D eigenvalue weighted by Gasteiger charge is -2.28. The minimum absolute atomic E-state index is 0.0547. The highest BCUT2D eigenvalue weighted by Gasteiger charge is 2.40. The molecule has 6 aromatic carbocycles. The summed E-state index contributed by atoms with van der Waals surface area (Å²) < 4.78 is 0. The molecule has 0 bridgehead atoms. The van der Waals surface area contributed by atoms with E-state index in [1.165, 1.54) is 72.5 Å². The molecule has 1 nitrogen and oxygen atoms in total. The third-order valence-corrected chi connectivity index (χ3v) is 11.7. The molecule has 0 saturated heterocycles. The second-order valence-corrected chi connectivity index (χ2v) is 15.3. The van der Waals surface area contributed by atoms with Gasteiger partial charge < -0.3 is 4.90 Å². The second kappa shape index (κ2) is 11.3. The molecular weight excluding hydrogens is 603 g/mol. The van der Waals surface area contributed by atoms with Crippen LogP contribution in [0.25, 0.3) is 39.0 Å². The first-order chi connectivity index (χ1) is 24.2. The van der Waals surface area contributed by atoms with E-state index in [0.717, 1.165) is 24.2 Å². The lowest BCUT2D eigenvalue weighted by Crippen LogP contribution is -2.19. The molecule has 0 radical (unpaired) electrons. The van der Waals surface area contributed by atoms with Crippen molar-refractivity contribution in [3.63, 3.8) is 0 Å². The van der Waals surface area contributed by atoms with Crippen LogP contribution in [0.5, 0.6) is 0 Å². The zero-order valence-electron chi connectivity index (χ0n) is 29.7. The molecular formula is C49H43N. The van der Waals surface area contributed by atoms with Crippen molar-refractivity contribution < 1.29 is 0 Å². The Bertz CT molecular complexity index is 2350. The zero-order valence-corrected chi connectivity index (χ0v) is 29.7. The lowest BCUT2D eigenvalue weighted by atomic mass is 9.76. The summed E-state index contributed by atoms with van der Waals surface area (Å²) in [6.45, 7) is 11.8. The fourth-order valence-corrected chi connectivity index (χ4v) is 9.23. The first-order valence-corrected chi connectivity index (χ1v) is 18.1. The highest BCUT2D eigenvalue weighted by Crippen LogP contribution is 2.54. The third kappa shape index (κ3) is 4.60. The summed E-state index contributed by atoms with van der Waals surface area (Å²) >= 11 is 0. The Morgan fingerprint density at radius 3 is 1.86 bits per heavy atom. The van der Waals surface area contributed by atoms with Gasteiger partial charge in [-0.25, -0.2) is 0 Å². The van der Waals surface area contributed by atoms with Crippen LogP contribution in [0.3, 0.4) is 0 Å². The van der Waals surface area contributed by atoms with Crippen LogP contribution in [-0.4, -0.2) is 0 Å². The summed E-state index contributed by atoms with van der Waals surface area (Å²) in [5.74, 6) is 0. The fourth-order valence-electron chi connectivity index (χ4n) is 9.23. The summed E-state index contributed by atoms with van der Waals surface area (Å²) in [7, 11) is 0. The third-order valence-electron chi connectivity index (χ3n) is 11.7. The Balaban J connectivity index is 1.16. The lowest BCUT2D eigenvalue weighted by molar-refractivity contribution is 0.604. The van der Waals surface area contributed by atoms with Crippen molar-refractivity contribution in [1.29, 1.82) is 0 Å². The first-order valence-electron chi connectivity index (χ1n) is 18.1. The minimum atomic E-state index is -0.0741. The highest BCUT2D eigenvalue weighted by molar-refractivity contribution is 5.95. The van der Waals surface area contributed by atoms with Crippen molar-refractivity contribution in [3.8, 4) is 33.4 Å². The molecule has 0 aliphatic heterocycles. The van der Waals surface area contributed by atoms with E-state index in [1.54, 1.807) is 5.57 Å². The Kier molecular flexibility index (Phi) is 6.94. The van der Waals surface area contributed by atoms with Gasteiger partial charge in [0.15, 0.2) is 0 Å². The summed E-state index contributed by atoms with van der Waals surface area (Å²) in [4.78, 5) is 2.42. The average Bonchev–Trinajstić information content (AvgIpc) is 3.53. The molecule has 0 N–H and O–H groups in total. The SMILES string of the molecule is Cc1ccc(-c2ccc(N(c3ccc(-c4ccccc4)cc3)c3ccc4c(c3)C(C)(C)c3ccccc3-4)cc2)c2c1C(C)(C)C1=C2C=CCC1. The van der Waals surface area contributed by atoms with Gasteiger partial charge >= 0.3 is 0 Å². The molecule has 0 atom stereocenters. The van der Waals surface area contributed by atoms with Crippen LogP contribution in [-0.2, 0) is 10.8 Å². The molecule has 0 heterocycles. The van der Waals surface area contributed by atoms with Gasteiger partial charge in [0, 0.05) is 27.9 Å². The van der Waals surface area contributed by atoms with Crippen molar-refractivity contribution in [3.05, 3.63) is 179 Å². The standard InChI is InChI=1S/C49H43N/c1-32-19-29-39(46-42-16-10-12-18-44(42)49(4,5)47(32)46)35-22-26-37(27-23-35)50(36-24-20-34(21-25-36)33-13-7-6-8-14-33)38-28-30-41-40-15-9-11-17-43(40)48(2,3)45(41)31-38/h6-11,13-17,19-31H,12,18H2,1-5H3. The molecule has 0 spiro atoms. The second-order valence-electron chi connectivity index (χ2n) is 15.3. The summed E-state index contributed by atoms with van der Waals surface area (Å²) in [6, 6.07) is 49.6. The van der Waals surface area contributed by atoms with Crippen LogP contribution < -0.4 is 4.90 Å². The van der Waals surface area contributed by atoms with Gasteiger partial charge in [0.25, 0.3) is 0 Å². The number of hydrogen-bond acceptors (Lipinski definition) is 1. The van der Waals surface area contributed by atoms with Gasteiger partial charge in [-0.05, 0) is 123 Å². The number of benzene rings is 6. The molecule has 9 rings (SSSR count). The molecule has 0 fully saturated rings. The Morgan fingerprint density at radius 2 is 1.12 bits per heavy atom. The van der Waals surface area contributed by atoms with E-state index in [1.807, 2.05) is 0 Å². The maximum absolute atomic E-state index is 2.42. The molecule has 3 aliphatic carbocycles. The summed E-state index contributed by atoms with van der Waals surface area (Å²) in [6.07, 6.45) is 7.02. The van der Waals surface area contributed by atoms with Crippen molar-refractivity contribution >= 4 is 22.6 Å². The molecule has 0 saturated carbocycles. The molecule has 0 amide bonds. The zero-order chi connectivity index (χ0) is 34.2. The van der Waals surface area contributed by atoms with Crippen LogP contribution >= 0.6 is 0 Å². The van der Waals surface area contributed by atoms with Crippen LogP contribution in [0, 0.1) is 6.92 Å². The van der Waals surface area contributed by atoms with E-state index in [2.05, 4.69) is 185 Å². The van der Waals surface area contributed by atoms with E-state index in [9.17, 15) is 0 Å². The molecule has 244 valence electrons. The molecule has 3 aliphatic rings. The van der Waals surface area contributed by atoms with Gasteiger partial charge in [-0.1, -0.05) is 142 Å². The number of rotatable bonds is 5. The van der Waals surface area contributed by atoms with Crippen LogP contribution in [0.15, 0.2) is 151 Å². The van der Waals surface area contributed by atoms with Crippen molar-refractivity contribution in [1.82, 2.24) is 0 Å². The van der Waals surface area contributed by atoms with E-state index < -0.39 is 0 Å². The monoisotopic (exact) mass is 645 g/mol. The smallest absolute Gasteiger partial charge is 0.0465 e. The van der Waals surface area contributed by atoms with E-state index in [4.69, 9.17) is 0 Å². The quantitative estimate of drug-likeness (QED) is 0.180. The van der Waals surface area contributed by atoms with Gasteiger partial charge in [0.05, 0.1) is 0 Å². The summed E-state index contributed by atoms with van der Waals surface area (Å²) in [5.41, 5.74) is 21.3. The maximum Gasteiger partial charge on any atom is 0.0465 e. The van der Waals surface area contributed by atoms with Gasteiger partial charge in [-0.15, -0.1) is 0 Å². The molecule has 50 heavy (non-hydrogen) atoms. The number of allylic oxidation sites excluding steroid dienone is 4. The predicted molar refractivity (Wildman–Crippen MR) is 213 cm³/mol. The van der Waals surface area contributed by atoms with Crippen molar-refractivity contribution in [2.75, 3.05) is 4.90 Å².